The van der Waals surface area contributed by atoms with E-state index in [9.17, 15) is 0 Å². The predicted octanol–water partition coefficient (Wildman–Crippen LogP) is 3.88. The Morgan fingerprint density at radius 2 is 1.95 bits per heavy atom. The summed E-state index contributed by atoms with van der Waals surface area (Å²) in [5, 5.41) is 1.93. The van der Waals surface area contributed by atoms with Crippen LogP contribution in [-0.4, -0.2) is 4.57 Å². The lowest BCUT2D eigenvalue weighted by Gasteiger charge is -2.05. The molecule has 0 saturated carbocycles. The Balaban J connectivity index is 1.83. The van der Waals surface area contributed by atoms with E-state index in [1.54, 1.807) is 0 Å². The highest BCUT2D eigenvalue weighted by Crippen LogP contribution is 2.33. The van der Waals surface area contributed by atoms with Gasteiger partial charge in [0.15, 0.2) is 6.23 Å². The molecule has 2 heterocycles. The van der Waals surface area contributed by atoms with Gasteiger partial charge in [-0.25, -0.2) is 0 Å². The van der Waals surface area contributed by atoms with Gasteiger partial charge in [-0.15, -0.1) is 0 Å². The molecule has 1 aliphatic heterocycles. The van der Waals surface area contributed by atoms with E-state index >= 15 is 0 Å². The first-order valence-corrected chi connectivity index (χ1v) is 6.92. The molecule has 1 atom stereocenters. The van der Waals surface area contributed by atoms with Crippen LogP contribution in [0.5, 0.6) is 0 Å². The Kier molecular flexibility index (Phi) is 2.77. The number of nitrogens with zero attached hydrogens (tertiary/aromatic N) is 1. The summed E-state index contributed by atoms with van der Waals surface area (Å²) in [5.74, 6) is 0. The summed E-state index contributed by atoms with van der Waals surface area (Å²) in [6.45, 7) is 0.824. The van der Waals surface area contributed by atoms with Crippen LogP contribution >= 0.6 is 11.6 Å². The fraction of sp³-hybridized carbons (Fsp3) is 0.125. The topological polar surface area (TPSA) is 39.4 Å². The minimum Gasteiger partial charge on any atom is -0.343 e. The van der Waals surface area contributed by atoms with E-state index in [4.69, 9.17) is 16.4 Å². The molecule has 3 aromatic rings. The van der Waals surface area contributed by atoms with Gasteiger partial charge in [0.05, 0.1) is 5.52 Å². The number of hydrogen-bond acceptors (Lipinski definition) is 2. The van der Waals surface area contributed by atoms with Crippen molar-refractivity contribution < 1.29 is 4.84 Å². The van der Waals surface area contributed by atoms with Crippen LogP contribution in [0.1, 0.15) is 17.4 Å². The molecule has 4 heteroatoms. The van der Waals surface area contributed by atoms with Crippen LogP contribution < -0.4 is 5.48 Å². The molecule has 20 heavy (non-hydrogen) atoms. The first-order valence-electron chi connectivity index (χ1n) is 6.55. The van der Waals surface area contributed by atoms with Crippen LogP contribution in [0.4, 0.5) is 0 Å². The third-order valence-electron chi connectivity index (χ3n) is 3.59. The van der Waals surface area contributed by atoms with E-state index in [0.29, 0.717) is 0 Å². The van der Waals surface area contributed by atoms with Crippen molar-refractivity contribution in [1.29, 1.82) is 0 Å². The molecular formula is C16H13ClN2O. The third kappa shape index (κ3) is 2.10. The molecule has 1 fully saturated rings. The summed E-state index contributed by atoms with van der Waals surface area (Å²) in [4.78, 5) is 5.20. The third-order valence-corrected chi connectivity index (χ3v) is 3.82. The van der Waals surface area contributed by atoms with Crippen molar-refractivity contribution in [3.63, 3.8) is 0 Å². The summed E-state index contributed by atoms with van der Waals surface area (Å²) in [6.07, 6.45) is 2.15. The van der Waals surface area contributed by atoms with Gasteiger partial charge in [0.1, 0.15) is 0 Å². The minimum atomic E-state index is 0.00991. The smallest absolute Gasteiger partial charge is 0.178 e. The van der Waals surface area contributed by atoms with Crippen LogP contribution in [0.2, 0.25) is 5.02 Å². The fourth-order valence-electron chi connectivity index (χ4n) is 2.57. The quantitative estimate of drug-likeness (QED) is 0.742. The number of hydroxylamine groups is 1. The standard InChI is InChI=1S/C16H13ClN2O/c17-12-6-7-13-14(16-18-20-16)10-19(15(13)8-12)9-11-4-2-1-3-5-11/h1-8,10,16,18H,9H2. The maximum atomic E-state index is 6.14. The summed E-state index contributed by atoms with van der Waals surface area (Å²) < 4.78 is 2.22. The van der Waals surface area contributed by atoms with Crippen molar-refractivity contribution in [2.75, 3.05) is 0 Å². The number of benzene rings is 2. The van der Waals surface area contributed by atoms with Crippen molar-refractivity contribution in [2.45, 2.75) is 12.8 Å². The molecule has 0 bridgehead atoms. The number of nitrogens with one attached hydrogen (secondary N) is 1. The number of hydrogen-bond donors (Lipinski definition) is 1. The summed E-state index contributed by atoms with van der Waals surface area (Å²) in [6, 6.07) is 16.4. The van der Waals surface area contributed by atoms with Gasteiger partial charge >= 0.3 is 0 Å². The summed E-state index contributed by atoms with van der Waals surface area (Å²) in [7, 11) is 0. The Morgan fingerprint density at radius 3 is 2.70 bits per heavy atom. The first kappa shape index (κ1) is 12.0. The Labute approximate surface area is 121 Å². The number of fused-ring (bicyclic) bond motifs is 1. The molecular weight excluding hydrogens is 272 g/mol. The Bertz CT molecular complexity index is 763. The number of rotatable bonds is 3. The second-order valence-electron chi connectivity index (χ2n) is 4.98. The van der Waals surface area contributed by atoms with Gasteiger partial charge < -0.3 is 4.57 Å². The lowest BCUT2D eigenvalue weighted by Crippen LogP contribution is -1.97. The van der Waals surface area contributed by atoms with Gasteiger partial charge in [-0.1, -0.05) is 48.0 Å². The van der Waals surface area contributed by atoms with Gasteiger partial charge in [0.2, 0.25) is 0 Å². The van der Waals surface area contributed by atoms with Gasteiger partial charge in [-0.2, -0.15) is 5.48 Å². The van der Waals surface area contributed by atoms with Gasteiger partial charge in [-0.3, -0.25) is 4.84 Å². The maximum absolute atomic E-state index is 6.14. The lowest BCUT2D eigenvalue weighted by atomic mass is 10.1. The van der Waals surface area contributed by atoms with Crippen molar-refractivity contribution in [3.8, 4) is 0 Å². The molecule has 100 valence electrons. The second-order valence-corrected chi connectivity index (χ2v) is 5.41. The minimum absolute atomic E-state index is 0.00991. The zero-order valence-electron chi connectivity index (χ0n) is 10.7. The summed E-state index contributed by atoms with van der Waals surface area (Å²) in [5.41, 5.74) is 6.45. The van der Waals surface area contributed by atoms with Crippen molar-refractivity contribution in [1.82, 2.24) is 10.0 Å². The highest BCUT2D eigenvalue weighted by molar-refractivity contribution is 6.31. The first-order chi connectivity index (χ1) is 9.81. The van der Waals surface area contributed by atoms with Gasteiger partial charge in [0, 0.05) is 28.7 Å². The molecule has 1 unspecified atom stereocenters. The molecule has 3 nitrogen and oxygen atoms in total. The van der Waals surface area contributed by atoms with E-state index in [1.807, 2.05) is 18.2 Å². The Hall–Kier alpha value is -1.81. The van der Waals surface area contributed by atoms with Crippen molar-refractivity contribution in [2.24, 2.45) is 0 Å². The molecule has 1 aliphatic rings. The van der Waals surface area contributed by atoms with Crippen LogP contribution in [0.15, 0.2) is 54.7 Å². The highest BCUT2D eigenvalue weighted by Gasteiger charge is 2.28. The van der Waals surface area contributed by atoms with Crippen LogP contribution in [0.3, 0.4) is 0 Å². The average molecular weight is 285 g/mol. The predicted molar refractivity (Wildman–Crippen MR) is 79.5 cm³/mol. The van der Waals surface area contributed by atoms with Crippen LogP contribution in [0, 0.1) is 0 Å². The highest BCUT2D eigenvalue weighted by atomic mass is 35.5. The molecule has 4 rings (SSSR count). The second kappa shape index (κ2) is 4.63. The molecule has 1 aromatic heterocycles. The monoisotopic (exact) mass is 284 g/mol. The van der Waals surface area contributed by atoms with Crippen LogP contribution in [0.25, 0.3) is 10.9 Å². The zero-order chi connectivity index (χ0) is 13.5. The SMILES string of the molecule is Clc1ccc2c(C3NO3)cn(Cc3ccccc3)c2c1. The summed E-state index contributed by atoms with van der Waals surface area (Å²) >= 11 is 6.14. The van der Waals surface area contributed by atoms with E-state index in [2.05, 4.69) is 46.6 Å². The lowest BCUT2D eigenvalue weighted by molar-refractivity contribution is 0.375. The molecule has 1 N–H and O–H groups in total. The van der Waals surface area contributed by atoms with E-state index in [1.165, 1.54) is 10.9 Å². The zero-order valence-corrected chi connectivity index (χ0v) is 11.5. The van der Waals surface area contributed by atoms with Crippen molar-refractivity contribution >= 4 is 22.5 Å². The maximum Gasteiger partial charge on any atom is 0.178 e. The normalized spacial score (nSPS) is 17.6. The number of halogens is 1. The van der Waals surface area contributed by atoms with E-state index in [-0.39, 0.29) is 6.23 Å². The molecule has 0 aliphatic carbocycles. The molecule has 1 saturated heterocycles. The van der Waals surface area contributed by atoms with E-state index in [0.717, 1.165) is 22.6 Å². The van der Waals surface area contributed by atoms with Gasteiger partial charge in [0.25, 0.3) is 0 Å². The van der Waals surface area contributed by atoms with E-state index < -0.39 is 0 Å². The van der Waals surface area contributed by atoms with Crippen LogP contribution in [-0.2, 0) is 11.4 Å². The molecule has 0 spiro atoms. The molecule has 0 radical (unpaired) electrons. The van der Waals surface area contributed by atoms with Gasteiger partial charge in [-0.05, 0) is 17.7 Å². The average Bonchev–Trinajstić information content (AvgIpc) is 3.25. The number of aromatic nitrogens is 1. The molecule has 0 amide bonds. The van der Waals surface area contributed by atoms with Crippen molar-refractivity contribution in [3.05, 3.63) is 70.9 Å². The fourth-order valence-corrected chi connectivity index (χ4v) is 2.74. The molecule has 2 aromatic carbocycles. The Morgan fingerprint density at radius 1 is 1.15 bits per heavy atom. The largest absolute Gasteiger partial charge is 0.343 e.